The fraction of sp³-hybridized carbons (Fsp3) is 0.867. The van der Waals surface area contributed by atoms with Gasteiger partial charge in [-0.1, -0.05) is 13.8 Å². The molecule has 3 unspecified atom stereocenters. The standard InChI is InChI=1S/C15H24N2O3/c1-10(2)13-15(19)16-6-3-4-12(16)14(18)17(13)8-11-5-7-20-9-11/h10-13H,3-9H2,1-2H3. The average molecular weight is 280 g/mol. The van der Waals surface area contributed by atoms with Gasteiger partial charge in [0, 0.05) is 25.6 Å². The molecule has 3 heterocycles. The van der Waals surface area contributed by atoms with Crippen LogP contribution in [0.5, 0.6) is 0 Å². The van der Waals surface area contributed by atoms with Gasteiger partial charge in [-0.25, -0.2) is 0 Å². The molecule has 0 aliphatic carbocycles. The predicted molar refractivity (Wildman–Crippen MR) is 74.0 cm³/mol. The molecule has 0 radical (unpaired) electrons. The summed E-state index contributed by atoms with van der Waals surface area (Å²) in [5.41, 5.74) is 0. The van der Waals surface area contributed by atoms with Crippen LogP contribution in [-0.4, -0.2) is 60.0 Å². The summed E-state index contributed by atoms with van der Waals surface area (Å²) in [5.74, 6) is 0.866. The second-order valence-corrected chi connectivity index (χ2v) is 6.60. The van der Waals surface area contributed by atoms with E-state index in [4.69, 9.17) is 4.74 Å². The molecule has 112 valence electrons. The second-order valence-electron chi connectivity index (χ2n) is 6.60. The van der Waals surface area contributed by atoms with Gasteiger partial charge in [0.25, 0.3) is 0 Å². The van der Waals surface area contributed by atoms with Gasteiger partial charge in [0.2, 0.25) is 11.8 Å². The number of amides is 2. The fourth-order valence-corrected chi connectivity index (χ4v) is 3.77. The third-order valence-electron chi connectivity index (χ3n) is 4.80. The van der Waals surface area contributed by atoms with Crippen LogP contribution in [0.3, 0.4) is 0 Å². The van der Waals surface area contributed by atoms with E-state index in [1.54, 1.807) is 0 Å². The largest absolute Gasteiger partial charge is 0.381 e. The molecule has 0 N–H and O–H groups in total. The van der Waals surface area contributed by atoms with Crippen LogP contribution < -0.4 is 0 Å². The van der Waals surface area contributed by atoms with E-state index in [1.807, 2.05) is 23.6 Å². The summed E-state index contributed by atoms with van der Waals surface area (Å²) in [7, 11) is 0. The molecule has 20 heavy (non-hydrogen) atoms. The van der Waals surface area contributed by atoms with Crippen molar-refractivity contribution in [2.24, 2.45) is 11.8 Å². The summed E-state index contributed by atoms with van der Waals surface area (Å²) in [6.45, 7) is 6.99. The molecule has 0 aromatic heterocycles. The summed E-state index contributed by atoms with van der Waals surface area (Å²) < 4.78 is 5.41. The van der Waals surface area contributed by atoms with E-state index in [0.717, 1.165) is 39.0 Å². The summed E-state index contributed by atoms with van der Waals surface area (Å²) in [6, 6.07) is -0.475. The van der Waals surface area contributed by atoms with E-state index in [1.165, 1.54) is 0 Å². The van der Waals surface area contributed by atoms with E-state index in [2.05, 4.69) is 0 Å². The smallest absolute Gasteiger partial charge is 0.246 e. The SMILES string of the molecule is CC(C)C1C(=O)N2CCCC2C(=O)N1CC1CCOC1. The minimum atomic E-state index is -0.280. The van der Waals surface area contributed by atoms with E-state index in [-0.39, 0.29) is 29.8 Å². The topological polar surface area (TPSA) is 49.9 Å². The summed E-state index contributed by atoms with van der Waals surface area (Å²) in [4.78, 5) is 29.1. The van der Waals surface area contributed by atoms with Crippen molar-refractivity contribution in [2.75, 3.05) is 26.3 Å². The van der Waals surface area contributed by atoms with Crippen LogP contribution in [0.2, 0.25) is 0 Å². The first-order chi connectivity index (χ1) is 9.59. The van der Waals surface area contributed by atoms with Crippen LogP contribution >= 0.6 is 0 Å². The van der Waals surface area contributed by atoms with Crippen molar-refractivity contribution in [3.63, 3.8) is 0 Å². The number of rotatable bonds is 3. The quantitative estimate of drug-likeness (QED) is 0.771. The van der Waals surface area contributed by atoms with Gasteiger partial charge in [0.05, 0.1) is 6.61 Å². The highest BCUT2D eigenvalue weighted by atomic mass is 16.5. The van der Waals surface area contributed by atoms with Gasteiger partial charge in [-0.2, -0.15) is 0 Å². The molecule has 0 aromatic carbocycles. The summed E-state index contributed by atoms with van der Waals surface area (Å²) >= 11 is 0. The van der Waals surface area contributed by atoms with Crippen molar-refractivity contribution in [1.82, 2.24) is 9.80 Å². The van der Waals surface area contributed by atoms with Crippen LogP contribution in [0.4, 0.5) is 0 Å². The van der Waals surface area contributed by atoms with Crippen molar-refractivity contribution in [2.45, 2.75) is 45.2 Å². The molecule has 0 bridgehead atoms. The Morgan fingerprint density at radius 3 is 2.70 bits per heavy atom. The highest BCUT2D eigenvalue weighted by Crippen LogP contribution is 2.31. The summed E-state index contributed by atoms with van der Waals surface area (Å²) in [5, 5.41) is 0. The van der Waals surface area contributed by atoms with Gasteiger partial charge in [-0.05, 0) is 25.2 Å². The number of fused-ring (bicyclic) bond motifs is 1. The van der Waals surface area contributed by atoms with Crippen LogP contribution in [0.15, 0.2) is 0 Å². The van der Waals surface area contributed by atoms with E-state index in [0.29, 0.717) is 12.5 Å². The first-order valence-corrected chi connectivity index (χ1v) is 7.78. The first kappa shape index (κ1) is 13.9. The van der Waals surface area contributed by atoms with Crippen molar-refractivity contribution in [1.29, 1.82) is 0 Å². The Labute approximate surface area is 120 Å². The molecule has 5 nitrogen and oxygen atoms in total. The van der Waals surface area contributed by atoms with Crippen molar-refractivity contribution >= 4 is 11.8 Å². The molecule has 3 aliphatic heterocycles. The second kappa shape index (κ2) is 5.35. The zero-order chi connectivity index (χ0) is 14.3. The Hall–Kier alpha value is -1.10. The lowest BCUT2D eigenvalue weighted by Crippen LogP contribution is -2.65. The molecule has 2 amide bonds. The van der Waals surface area contributed by atoms with E-state index >= 15 is 0 Å². The Bertz CT molecular complexity index is 404. The number of piperazine rings is 1. The van der Waals surface area contributed by atoms with Gasteiger partial charge in [-0.3, -0.25) is 9.59 Å². The minimum Gasteiger partial charge on any atom is -0.381 e. The van der Waals surface area contributed by atoms with Crippen LogP contribution in [0, 0.1) is 11.8 Å². The molecule has 3 fully saturated rings. The number of hydrogen-bond donors (Lipinski definition) is 0. The van der Waals surface area contributed by atoms with Crippen molar-refractivity contribution in [3.8, 4) is 0 Å². The van der Waals surface area contributed by atoms with Crippen molar-refractivity contribution < 1.29 is 14.3 Å². The number of ether oxygens (including phenoxy) is 1. The number of nitrogens with zero attached hydrogens (tertiary/aromatic N) is 2. The van der Waals surface area contributed by atoms with Crippen LogP contribution in [-0.2, 0) is 14.3 Å². The number of carbonyl (C=O) groups is 2. The monoisotopic (exact) mass is 280 g/mol. The molecule has 3 atom stereocenters. The molecule has 3 saturated heterocycles. The lowest BCUT2D eigenvalue weighted by Gasteiger charge is -2.44. The zero-order valence-corrected chi connectivity index (χ0v) is 12.4. The Morgan fingerprint density at radius 2 is 2.05 bits per heavy atom. The Morgan fingerprint density at radius 1 is 1.25 bits per heavy atom. The molecule has 5 heteroatoms. The van der Waals surface area contributed by atoms with Gasteiger partial charge < -0.3 is 14.5 Å². The van der Waals surface area contributed by atoms with Crippen LogP contribution in [0.25, 0.3) is 0 Å². The highest BCUT2D eigenvalue weighted by molar-refractivity contribution is 5.97. The predicted octanol–water partition coefficient (Wildman–Crippen LogP) is 0.881. The number of carbonyl (C=O) groups excluding carboxylic acids is 2. The Kier molecular flexibility index (Phi) is 3.71. The maximum atomic E-state index is 12.7. The lowest BCUT2D eigenvalue weighted by molar-refractivity contribution is -0.162. The van der Waals surface area contributed by atoms with Crippen LogP contribution in [0.1, 0.15) is 33.1 Å². The molecule has 3 aliphatic rings. The molecule has 0 spiro atoms. The molecule has 0 aromatic rings. The molecular weight excluding hydrogens is 256 g/mol. The summed E-state index contributed by atoms with van der Waals surface area (Å²) in [6.07, 6.45) is 2.78. The third kappa shape index (κ3) is 2.22. The average Bonchev–Trinajstić information content (AvgIpc) is 3.06. The molecular formula is C15H24N2O3. The van der Waals surface area contributed by atoms with Gasteiger partial charge in [-0.15, -0.1) is 0 Å². The van der Waals surface area contributed by atoms with Crippen molar-refractivity contribution in [3.05, 3.63) is 0 Å². The number of hydrogen-bond acceptors (Lipinski definition) is 3. The Balaban J connectivity index is 1.83. The zero-order valence-electron chi connectivity index (χ0n) is 12.4. The van der Waals surface area contributed by atoms with E-state index in [9.17, 15) is 9.59 Å². The first-order valence-electron chi connectivity index (χ1n) is 7.78. The minimum absolute atomic E-state index is 0.154. The molecule has 3 rings (SSSR count). The molecule has 0 saturated carbocycles. The highest BCUT2D eigenvalue weighted by Gasteiger charge is 2.49. The van der Waals surface area contributed by atoms with E-state index < -0.39 is 0 Å². The van der Waals surface area contributed by atoms with Gasteiger partial charge >= 0.3 is 0 Å². The van der Waals surface area contributed by atoms with Gasteiger partial charge in [0.1, 0.15) is 12.1 Å². The third-order valence-corrected chi connectivity index (χ3v) is 4.80. The lowest BCUT2D eigenvalue weighted by atomic mass is 9.94. The van der Waals surface area contributed by atoms with Gasteiger partial charge in [0.15, 0.2) is 0 Å². The maximum Gasteiger partial charge on any atom is 0.246 e. The fourth-order valence-electron chi connectivity index (χ4n) is 3.77. The normalized spacial score (nSPS) is 34.2. The maximum absolute atomic E-state index is 12.7.